The normalized spacial score (nSPS) is 15.9. The molecule has 0 spiro atoms. The number of rotatable bonds is 5. The first kappa shape index (κ1) is 26.8. The van der Waals surface area contributed by atoms with E-state index >= 15 is 0 Å². The van der Waals surface area contributed by atoms with Crippen LogP contribution < -0.4 is 14.8 Å². The summed E-state index contributed by atoms with van der Waals surface area (Å²) in [4.78, 5) is 41.6. The fourth-order valence-electron chi connectivity index (χ4n) is 4.43. The first-order valence-electron chi connectivity index (χ1n) is 12.9. The molecule has 3 aromatic rings. The van der Waals surface area contributed by atoms with Crippen LogP contribution >= 0.6 is 11.3 Å². The SMILES string of the molecule is Cc1ccc(/C=c2/s/c(=C\C(=O)c3ccc(C(C)(C)C)cc3)n(CC(=O)N3CCC(C)CC3)c2=O)cc1. The van der Waals surface area contributed by atoms with E-state index in [0.717, 1.165) is 29.5 Å². The van der Waals surface area contributed by atoms with Gasteiger partial charge >= 0.3 is 0 Å². The second-order valence-electron chi connectivity index (χ2n) is 11.2. The summed E-state index contributed by atoms with van der Waals surface area (Å²) in [6, 6.07) is 15.5. The molecule has 194 valence electrons. The van der Waals surface area contributed by atoms with Crippen LogP contribution in [0.15, 0.2) is 53.3 Å². The number of piperidine rings is 1. The third-order valence-electron chi connectivity index (χ3n) is 7.03. The maximum atomic E-state index is 13.4. The third kappa shape index (κ3) is 6.55. The predicted octanol–water partition coefficient (Wildman–Crippen LogP) is 4.27. The molecule has 1 aliphatic heterocycles. The Balaban J connectivity index is 1.73. The van der Waals surface area contributed by atoms with Crippen LogP contribution in [0.5, 0.6) is 0 Å². The summed E-state index contributed by atoms with van der Waals surface area (Å²) in [5.74, 6) is 0.344. The second-order valence-corrected chi connectivity index (χ2v) is 12.2. The van der Waals surface area contributed by atoms with E-state index in [9.17, 15) is 14.4 Å². The fraction of sp³-hybridized carbons (Fsp3) is 0.387. The smallest absolute Gasteiger partial charge is 0.269 e. The molecule has 5 nitrogen and oxygen atoms in total. The summed E-state index contributed by atoms with van der Waals surface area (Å²) >= 11 is 1.25. The summed E-state index contributed by atoms with van der Waals surface area (Å²) in [5.41, 5.74) is 3.50. The molecule has 0 atom stereocenters. The van der Waals surface area contributed by atoms with Crippen LogP contribution in [-0.2, 0) is 16.8 Å². The maximum absolute atomic E-state index is 13.4. The highest BCUT2D eigenvalue weighted by Crippen LogP contribution is 2.22. The van der Waals surface area contributed by atoms with Gasteiger partial charge in [0.25, 0.3) is 5.56 Å². The molecule has 0 unspecified atom stereocenters. The van der Waals surface area contributed by atoms with Gasteiger partial charge in [-0.05, 0) is 48.3 Å². The minimum absolute atomic E-state index is 0.00710. The molecule has 2 aromatic carbocycles. The average Bonchev–Trinajstić information content (AvgIpc) is 3.14. The van der Waals surface area contributed by atoms with Crippen molar-refractivity contribution in [2.75, 3.05) is 13.1 Å². The molecule has 37 heavy (non-hydrogen) atoms. The van der Waals surface area contributed by atoms with Crippen LogP contribution in [0, 0.1) is 12.8 Å². The maximum Gasteiger partial charge on any atom is 0.269 e. The number of carbonyl (C=O) groups excluding carboxylic acids is 2. The van der Waals surface area contributed by atoms with Crippen molar-refractivity contribution >= 4 is 35.2 Å². The number of thiazole rings is 1. The lowest BCUT2D eigenvalue weighted by atomic mass is 9.86. The van der Waals surface area contributed by atoms with E-state index in [4.69, 9.17) is 0 Å². The Bertz CT molecular complexity index is 1450. The zero-order valence-electron chi connectivity index (χ0n) is 22.4. The van der Waals surface area contributed by atoms with E-state index in [1.54, 1.807) is 0 Å². The van der Waals surface area contributed by atoms with Gasteiger partial charge in [-0.15, -0.1) is 11.3 Å². The standard InChI is InChI=1S/C31H36N2O3S/c1-21-6-8-23(9-7-21)18-27-30(36)33(20-28(35)32-16-14-22(2)15-17-32)29(37-27)19-26(34)24-10-12-25(13-11-24)31(3,4)5/h6-13,18-19,22H,14-17,20H2,1-5H3/b27-18+,29-19-. The van der Waals surface area contributed by atoms with E-state index in [1.807, 2.05) is 66.4 Å². The molecular weight excluding hydrogens is 480 g/mol. The molecule has 0 radical (unpaired) electrons. The number of Topliss-reactive ketones (excluding diaryl/α,β-unsaturated/α-hetero) is 1. The van der Waals surface area contributed by atoms with Crippen LogP contribution in [0.1, 0.15) is 67.6 Å². The Labute approximate surface area is 222 Å². The number of ketones is 1. The van der Waals surface area contributed by atoms with Gasteiger partial charge < -0.3 is 4.90 Å². The Morgan fingerprint density at radius 2 is 1.62 bits per heavy atom. The number of benzene rings is 2. The van der Waals surface area contributed by atoms with Crippen LogP contribution in [0.2, 0.25) is 0 Å². The van der Waals surface area contributed by atoms with Gasteiger partial charge in [0.15, 0.2) is 5.78 Å². The van der Waals surface area contributed by atoms with E-state index in [1.165, 1.54) is 22.0 Å². The topological polar surface area (TPSA) is 59.4 Å². The molecule has 6 heteroatoms. The van der Waals surface area contributed by atoms with E-state index in [-0.39, 0.29) is 29.2 Å². The highest BCUT2D eigenvalue weighted by atomic mass is 32.1. The van der Waals surface area contributed by atoms with Gasteiger partial charge in [0.05, 0.1) is 4.53 Å². The average molecular weight is 517 g/mol. The summed E-state index contributed by atoms with van der Waals surface area (Å²) in [6.07, 6.45) is 5.27. The van der Waals surface area contributed by atoms with Crippen molar-refractivity contribution in [3.8, 4) is 0 Å². The number of hydrogen-bond donors (Lipinski definition) is 0. The lowest BCUT2D eigenvalue weighted by Gasteiger charge is -2.30. The molecule has 2 heterocycles. The van der Waals surface area contributed by atoms with Gasteiger partial charge in [0.1, 0.15) is 11.2 Å². The van der Waals surface area contributed by atoms with Crippen LogP contribution in [0.3, 0.4) is 0 Å². The number of aromatic nitrogens is 1. The first-order chi connectivity index (χ1) is 17.5. The Hall–Kier alpha value is -3.25. The largest absolute Gasteiger partial charge is 0.341 e. The zero-order valence-corrected chi connectivity index (χ0v) is 23.2. The Morgan fingerprint density at radius 3 is 2.22 bits per heavy atom. The number of nitrogens with zero attached hydrogens (tertiary/aromatic N) is 2. The summed E-state index contributed by atoms with van der Waals surface area (Å²) in [7, 11) is 0. The van der Waals surface area contributed by atoms with E-state index in [2.05, 4.69) is 27.7 Å². The van der Waals surface area contributed by atoms with Crippen LogP contribution in [-0.4, -0.2) is 34.2 Å². The van der Waals surface area contributed by atoms with Gasteiger partial charge in [-0.1, -0.05) is 81.8 Å². The molecule has 0 bridgehead atoms. The molecule has 1 aliphatic rings. The number of amides is 1. The molecule has 0 N–H and O–H groups in total. The van der Waals surface area contributed by atoms with Crippen molar-refractivity contribution in [2.24, 2.45) is 5.92 Å². The van der Waals surface area contributed by atoms with Gasteiger partial charge in [-0.25, -0.2) is 0 Å². The zero-order chi connectivity index (χ0) is 26.7. The van der Waals surface area contributed by atoms with Gasteiger partial charge in [0.2, 0.25) is 5.91 Å². The minimum atomic E-state index is -0.244. The van der Waals surface area contributed by atoms with Crippen molar-refractivity contribution in [1.29, 1.82) is 0 Å². The fourth-order valence-corrected chi connectivity index (χ4v) is 5.47. The van der Waals surface area contributed by atoms with Crippen molar-refractivity contribution in [2.45, 2.75) is 59.4 Å². The van der Waals surface area contributed by atoms with Crippen molar-refractivity contribution in [3.05, 3.63) is 90.3 Å². The first-order valence-corrected chi connectivity index (χ1v) is 13.8. The third-order valence-corrected chi connectivity index (χ3v) is 8.09. The van der Waals surface area contributed by atoms with Crippen LogP contribution in [0.25, 0.3) is 12.2 Å². The van der Waals surface area contributed by atoms with Crippen molar-refractivity contribution in [1.82, 2.24) is 9.47 Å². The quantitative estimate of drug-likeness (QED) is 0.476. The molecule has 0 saturated carbocycles. The van der Waals surface area contributed by atoms with Crippen LogP contribution in [0.4, 0.5) is 0 Å². The Kier molecular flexibility index (Phi) is 7.98. The minimum Gasteiger partial charge on any atom is -0.341 e. The van der Waals surface area contributed by atoms with Crippen molar-refractivity contribution in [3.63, 3.8) is 0 Å². The lowest BCUT2D eigenvalue weighted by molar-refractivity contribution is -0.133. The molecule has 1 amide bonds. The number of hydrogen-bond acceptors (Lipinski definition) is 4. The van der Waals surface area contributed by atoms with Gasteiger partial charge in [0, 0.05) is 24.7 Å². The molecule has 1 fully saturated rings. The lowest BCUT2D eigenvalue weighted by Crippen LogP contribution is -2.43. The van der Waals surface area contributed by atoms with Gasteiger partial charge in [-0.3, -0.25) is 19.0 Å². The van der Waals surface area contributed by atoms with E-state index in [0.29, 0.717) is 33.8 Å². The molecule has 4 rings (SSSR count). The number of likely N-dealkylation sites (tertiary alicyclic amines) is 1. The predicted molar refractivity (Wildman–Crippen MR) is 151 cm³/mol. The highest BCUT2D eigenvalue weighted by molar-refractivity contribution is 7.07. The molecule has 1 aromatic heterocycles. The van der Waals surface area contributed by atoms with E-state index < -0.39 is 0 Å². The number of aryl methyl sites for hydroxylation is 1. The highest BCUT2D eigenvalue weighted by Gasteiger charge is 2.22. The molecular formula is C31H36N2O3S. The monoisotopic (exact) mass is 516 g/mol. The summed E-state index contributed by atoms with van der Waals surface area (Å²) < 4.78 is 2.46. The van der Waals surface area contributed by atoms with Gasteiger partial charge in [-0.2, -0.15) is 0 Å². The molecule has 0 aliphatic carbocycles. The molecule has 1 saturated heterocycles. The summed E-state index contributed by atoms with van der Waals surface area (Å²) in [6.45, 7) is 12.0. The summed E-state index contributed by atoms with van der Waals surface area (Å²) in [5, 5.41) is 0. The number of carbonyl (C=O) groups is 2. The second kappa shape index (κ2) is 11.0. The Morgan fingerprint density at radius 1 is 1.00 bits per heavy atom. The van der Waals surface area contributed by atoms with Crippen molar-refractivity contribution < 1.29 is 9.59 Å².